The maximum absolute atomic E-state index is 12.3. The van der Waals surface area contributed by atoms with Crippen LogP contribution in [0.4, 0.5) is 5.13 Å². The molecule has 1 N–H and O–H groups in total. The van der Waals surface area contributed by atoms with Crippen molar-refractivity contribution in [1.29, 1.82) is 0 Å². The number of hydrogen-bond acceptors (Lipinski definition) is 6. The number of esters is 1. The Balaban J connectivity index is 2.03. The normalized spacial score (nSPS) is 11.0. The number of nitrogens with one attached hydrogen (secondary N) is 1. The second-order valence-corrected chi connectivity index (χ2v) is 7.07. The van der Waals surface area contributed by atoms with E-state index in [1.807, 2.05) is 18.5 Å². The van der Waals surface area contributed by atoms with E-state index in [0.29, 0.717) is 11.0 Å². The smallest absolute Gasteiger partial charge is 0.357 e. The number of nitrogens with zero attached hydrogens (tertiary/aromatic N) is 3. The molecule has 0 spiro atoms. The Bertz CT molecular complexity index is 764. The summed E-state index contributed by atoms with van der Waals surface area (Å²) in [7, 11) is 0. The summed E-state index contributed by atoms with van der Waals surface area (Å²) in [6, 6.07) is 0. The molecule has 0 bridgehead atoms. The number of aromatic nitrogens is 3. The van der Waals surface area contributed by atoms with Gasteiger partial charge in [-0.3, -0.25) is 9.48 Å². The van der Waals surface area contributed by atoms with Gasteiger partial charge >= 0.3 is 5.97 Å². The van der Waals surface area contributed by atoms with Crippen LogP contribution in [0.5, 0.6) is 0 Å². The fraction of sp³-hybridized carbons (Fsp3) is 0.529. The Morgan fingerprint density at radius 1 is 1.36 bits per heavy atom. The summed E-state index contributed by atoms with van der Waals surface area (Å²) in [6.07, 6.45) is 0.226. The molecule has 0 aromatic carbocycles. The van der Waals surface area contributed by atoms with Crippen LogP contribution in [0.15, 0.2) is 5.38 Å². The quantitative estimate of drug-likeness (QED) is 0.763. The van der Waals surface area contributed by atoms with Gasteiger partial charge in [0.2, 0.25) is 5.91 Å². The standard InChI is InChI=1S/C17H24N4O3S/c1-6-24-16(23)14-9-25-17(18-14)19-15(22)7-13-11(4)20-21(12(13)5)8-10(2)3/h9-10H,6-8H2,1-5H3,(H,18,19,22). The Morgan fingerprint density at radius 3 is 2.72 bits per heavy atom. The number of thiazole rings is 1. The molecule has 2 rings (SSSR count). The summed E-state index contributed by atoms with van der Waals surface area (Å²) < 4.78 is 6.84. The van der Waals surface area contributed by atoms with E-state index in [4.69, 9.17) is 4.74 Å². The van der Waals surface area contributed by atoms with Crippen molar-refractivity contribution >= 4 is 28.3 Å². The average Bonchev–Trinajstić information content (AvgIpc) is 3.08. The van der Waals surface area contributed by atoms with E-state index in [0.717, 1.165) is 23.5 Å². The van der Waals surface area contributed by atoms with Gasteiger partial charge in [0.15, 0.2) is 10.8 Å². The zero-order chi connectivity index (χ0) is 18.6. The van der Waals surface area contributed by atoms with E-state index in [1.165, 1.54) is 11.3 Å². The minimum atomic E-state index is -0.485. The highest BCUT2D eigenvalue weighted by molar-refractivity contribution is 7.14. The van der Waals surface area contributed by atoms with Crippen molar-refractivity contribution in [2.75, 3.05) is 11.9 Å². The van der Waals surface area contributed by atoms with Crippen molar-refractivity contribution in [1.82, 2.24) is 14.8 Å². The third kappa shape index (κ3) is 4.88. The molecule has 2 heterocycles. The van der Waals surface area contributed by atoms with E-state index >= 15 is 0 Å². The molecule has 0 fully saturated rings. The molecule has 0 aliphatic carbocycles. The van der Waals surface area contributed by atoms with E-state index < -0.39 is 5.97 Å². The van der Waals surface area contributed by atoms with Gasteiger partial charge in [0.25, 0.3) is 0 Å². The molecule has 0 aliphatic rings. The van der Waals surface area contributed by atoms with Gasteiger partial charge in [-0.25, -0.2) is 9.78 Å². The Labute approximate surface area is 151 Å². The molecule has 0 saturated carbocycles. The molecule has 0 radical (unpaired) electrons. The highest BCUT2D eigenvalue weighted by Gasteiger charge is 2.17. The van der Waals surface area contributed by atoms with E-state index in [9.17, 15) is 9.59 Å². The summed E-state index contributed by atoms with van der Waals surface area (Å²) in [5, 5.41) is 9.22. The lowest BCUT2D eigenvalue weighted by molar-refractivity contribution is -0.115. The van der Waals surface area contributed by atoms with Crippen molar-refractivity contribution in [3.05, 3.63) is 28.0 Å². The first-order chi connectivity index (χ1) is 11.8. The minimum absolute atomic E-state index is 0.181. The van der Waals surface area contributed by atoms with Crippen molar-refractivity contribution < 1.29 is 14.3 Å². The molecule has 0 aliphatic heterocycles. The Hall–Kier alpha value is -2.22. The molecule has 0 atom stereocenters. The summed E-state index contributed by atoms with van der Waals surface area (Å²) in [4.78, 5) is 28.0. The van der Waals surface area contributed by atoms with Gasteiger partial charge in [0, 0.05) is 23.2 Å². The Morgan fingerprint density at radius 2 is 2.08 bits per heavy atom. The number of amides is 1. The first-order valence-electron chi connectivity index (χ1n) is 8.27. The molecular weight excluding hydrogens is 340 g/mol. The second-order valence-electron chi connectivity index (χ2n) is 6.21. The molecule has 0 saturated heterocycles. The van der Waals surface area contributed by atoms with Crippen LogP contribution < -0.4 is 5.32 Å². The first-order valence-corrected chi connectivity index (χ1v) is 9.15. The zero-order valence-corrected chi connectivity index (χ0v) is 16.1. The number of carbonyl (C=O) groups excluding carboxylic acids is 2. The Kier molecular flexibility index (Phi) is 6.30. The number of aryl methyl sites for hydroxylation is 1. The van der Waals surface area contributed by atoms with Crippen LogP contribution in [-0.4, -0.2) is 33.2 Å². The molecule has 25 heavy (non-hydrogen) atoms. The predicted octanol–water partition coefficient (Wildman–Crippen LogP) is 2.97. The summed E-state index contributed by atoms with van der Waals surface area (Å²) in [5.41, 5.74) is 3.01. The lowest BCUT2D eigenvalue weighted by Crippen LogP contribution is -2.16. The fourth-order valence-corrected chi connectivity index (χ4v) is 3.16. The molecule has 7 nitrogen and oxygen atoms in total. The van der Waals surface area contributed by atoms with Crippen LogP contribution in [0, 0.1) is 19.8 Å². The number of rotatable bonds is 7. The third-order valence-electron chi connectivity index (χ3n) is 3.64. The molecule has 8 heteroatoms. The van der Waals surface area contributed by atoms with Crippen LogP contribution in [0.2, 0.25) is 0 Å². The number of ether oxygens (including phenoxy) is 1. The lowest BCUT2D eigenvalue weighted by Gasteiger charge is -2.08. The SMILES string of the molecule is CCOC(=O)c1csc(NC(=O)Cc2c(C)nn(CC(C)C)c2C)n1. The number of anilines is 1. The van der Waals surface area contributed by atoms with E-state index in [2.05, 4.69) is 29.2 Å². The van der Waals surface area contributed by atoms with Gasteiger partial charge in [0.1, 0.15) is 0 Å². The summed E-state index contributed by atoms with van der Waals surface area (Å²) >= 11 is 1.20. The van der Waals surface area contributed by atoms with E-state index in [-0.39, 0.29) is 24.6 Å². The van der Waals surface area contributed by atoms with Crippen LogP contribution in [0.25, 0.3) is 0 Å². The maximum atomic E-state index is 12.3. The monoisotopic (exact) mass is 364 g/mol. The highest BCUT2D eigenvalue weighted by Crippen LogP contribution is 2.19. The van der Waals surface area contributed by atoms with Crippen LogP contribution in [-0.2, 0) is 22.5 Å². The van der Waals surface area contributed by atoms with Crippen molar-refractivity contribution in [2.45, 2.75) is 47.6 Å². The topological polar surface area (TPSA) is 86.1 Å². The summed E-state index contributed by atoms with van der Waals surface area (Å²) in [5.74, 6) is -0.183. The molecule has 136 valence electrons. The van der Waals surface area contributed by atoms with Gasteiger partial charge in [0.05, 0.1) is 18.7 Å². The number of hydrogen-bond donors (Lipinski definition) is 1. The van der Waals surface area contributed by atoms with Crippen molar-refractivity contribution in [3.63, 3.8) is 0 Å². The van der Waals surface area contributed by atoms with Gasteiger partial charge in [-0.2, -0.15) is 5.10 Å². The molecular formula is C17H24N4O3S. The summed E-state index contributed by atoms with van der Waals surface area (Å²) in [6.45, 7) is 11.0. The lowest BCUT2D eigenvalue weighted by atomic mass is 10.1. The minimum Gasteiger partial charge on any atom is -0.461 e. The van der Waals surface area contributed by atoms with Crippen molar-refractivity contribution in [2.24, 2.45) is 5.92 Å². The molecule has 2 aromatic rings. The number of carbonyl (C=O) groups is 2. The van der Waals surface area contributed by atoms with Crippen LogP contribution in [0.1, 0.15) is 48.2 Å². The maximum Gasteiger partial charge on any atom is 0.357 e. The predicted molar refractivity (Wildman–Crippen MR) is 96.9 cm³/mol. The second kappa shape index (κ2) is 8.24. The van der Waals surface area contributed by atoms with Gasteiger partial charge in [-0.05, 0) is 26.7 Å². The van der Waals surface area contributed by atoms with Crippen LogP contribution in [0.3, 0.4) is 0 Å². The van der Waals surface area contributed by atoms with Crippen molar-refractivity contribution in [3.8, 4) is 0 Å². The largest absolute Gasteiger partial charge is 0.461 e. The van der Waals surface area contributed by atoms with Gasteiger partial charge < -0.3 is 10.1 Å². The third-order valence-corrected chi connectivity index (χ3v) is 4.40. The molecule has 1 amide bonds. The molecule has 0 unspecified atom stereocenters. The fourth-order valence-electron chi connectivity index (χ4n) is 2.47. The zero-order valence-electron chi connectivity index (χ0n) is 15.3. The van der Waals surface area contributed by atoms with Gasteiger partial charge in [-0.1, -0.05) is 13.8 Å². The van der Waals surface area contributed by atoms with Gasteiger partial charge in [-0.15, -0.1) is 11.3 Å². The molecule has 2 aromatic heterocycles. The first kappa shape index (κ1) is 19.1. The van der Waals surface area contributed by atoms with Crippen LogP contribution >= 0.6 is 11.3 Å². The van der Waals surface area contributed by atoms with E-state index in [1.54, 1.807) is 12.3 Å². The average molecular weight is 364 g/mol. The highest BCUT2D eigenvalue weighted by atomic mass is 32.1.